The summed E-state index contributed by atoms with van der Waals surface area (Å²) in [5.74, 6) is 0.284. The Hall–Kier alpha value is -2.67. The van der Waals surface area contributed by atoms with E-state index in [1.807, 2.05) is 24.3 Å². The number of benzene rings is 1. The number of hydrogen-bond donors (Lipinski definition) is 0. The maximum absolute atomic E-state index is 12.2. The molecule has 0 unspecified atom stereocenters. The largest absolute Gasteiger partial charge is 0.497 e. The fraction of sp³-hybridized carbons (Fsp3) is 0.278. The van der Waals surface area contributed by atoms with Gasteiger partial charge in [0.1, 0.15) is 22.0 Å². The van der Waals surface area contributed by atoms with Crippen LogP contribution in [0.15, 0.2) is 24.3 Å². The first-order valence-electron chi connectivity index (χ1n) is 7.78. The van der Waals surface area contributed by atoms with Crippen molar-refractivity contribution in [1.29, 1.82) is 0 Å². The van der Waals surface area contributed by atoms with E-state index >= 15 is 0 Å². The standard InChI is InChI=1S/C18H18N2O4S/c1-10(2)24-17(22)16-11(3)20-14(9-21)15(19-18(20)25-16)12-6-5-7-13(8-12)23-4/h5-10H,1-4H3. The van der Waals surface area contributed by atoms with E-state index in [2.05, 4.69) is 4.98 Å². The van der Waals surface area contributed by atoms with Crippen LogP contribution >= 0.6 is 11.3 Å². The van der Waals surface area contributed by atoms with Gasteiger partial charge >= 0.3 is 5.97 Å². The summed E-state index contributed by atoms with van der Waals surface area (Å²) < 4.78 is 12.2. The Balaban J connectivity index is 2.14. The third-order valence-electron chi connectivity index (χ3n) is 3.72. The minimum absolute atomic E-state index is 0.209. The Labute approximate surface area is 149 Å². The van der Waals surface area contributed by atoms with Crippen LogP contribution in [0.2, 0.25) is 0 Å². The molecule has 0 saturated heterocycles. The van der Waals surface area contributed by atoms with Crippen molar-refractivity contribution in [2.45, 2.75) is 26.9 Å². The van der Waals surface area contributed by atoms with Crippen LogP contribution < -0.4 is 4.74 Å². The van der Waals surface area contributed by atoms with Crippen LogP contribution in [0.25, 0.3) is 16.2 Å². The first-order valence-corrected chi connectivity index (χ1v) is 8.60. The molecule has 0 fully saturated rings. The van der Waals surface area contributed by atoms with Crippen LogP contribution in [-0.2, 0) is 4.74 Å². The van der Waals surface area contributed by atoms with Gasteiger partial charge in [-0.05, 0) is 32.9 Å². The average Bonchev–Trinajstić information content (AvgIpc) is 3.11. The topological polar surface area (TPSA) is 69.9 Å². The zero-order valence-corrected chi connectivity index (χ0v) is 15.2. The molecule has 0 bridgehead atoms. The Bertz CT molecular complexity index is 956. The molecule has 0 spiro atoms. The molecule has 6 nitrogen and oxygen atoms in total. The predicted octanol–water partition coefficient (Wildman–Crippen LogP) is 3.76. The summed E-state index contributed by atoms with van der Waals surface area (Å²) in [5, 5.41) is 0. The van der Waals surface area contributed by atoms with Crippen LogP contribution in [0.1, 0.15) is 39.7 Å². The number of fused-ring (bicyclic) bond motifs is 1. The van der Waals surface area contributed by atoms with E-state index in [0.29, 0.717) is 32.7 Å². The van der Waals surface area contributed by atoms with Crippen LogP contribution in [0, 0.1) is 6.92 Å². The number of thiazole rings is 1. The summed E-state index contributed by atoms with van der Waals surface area (Å²) in [6.07, 6.45) is 0.547. The van der Waals surface area contributed by atoms with Crippen molar-refractivity contribution in [2.24, 2.45) is 0 Å². The minimum atomic E-state index is -0.400. The molecule has 130 valence electrons. The fourth-order valence-corrected chi connectivity index (χ4v) is 3.64. The average molecular weight is 358 g/mol. The molecule has 0 N–H and O–H groups in total. The number of aromatic nitrogens is 2. The zero-order chi connectivity index (χ0) is 18.1. The van der Waals surface area contributed by atoms with E-state index in [1.165, 1.54) is 11.3 Å². The molecule has 0 aliphatic carbocycles. The molecule has 7 heteroatoms. The maximum Gasteiger partial charge on any atom is 0.350 e. The number of carbonyl (C=O) groups excluding carboxylic acids is 2. The zero-order valence-electron chi connectivity index (χ0n) is 14.4. The Morgan fingerprint density at radius 1 is 1.36 bits per heavy atom. The Morgan fingerprint density at radius 2 is 2.12 bits per heavy atom. The highest BCUT2D eigenvalue weighted by Gasteiger charge is 2.24. The molecule has 3 rings (SSSR count). The van der Waals surface area contributed by atoms with Crippen molar-refractivity contribution in [2.75, 3.05) is 7.11 Å². The number of methoxy groups -OCH3 is 1. The second kappa shape index (κ2) is 6.68. The van der Waals surface area contributed by atoms with Gasteiger partial charge in [0.25, 0.3) is 0 Å². The molecule has 0 aliphatic rings. The Kier molecular flexibility index (Phi) is 4.59. The lowest BCUT2D eigenvalue weighted by molar-refractivity contribution is 0.0382. The van der Waals surface area contributed by atoms with Gasteiger partial charge in [-0.25, -0.2) is 9.78 Å². The molecule has 1 aromatic carbocycles. The summed E-state index contributed by atoms with van der Waals surface area (Å²) >= 11 is 1.22. The van der Waals surface area contributed by atoms with Crippen molar-refractivity contribution in [1.82, 2.24) is 9.38 Å². The lowest BCUT2D eigenvalue weighted by atomic mass is 10.1. The number of ether oxygens (including phenoxy) is 2. The smallest absolute Gasteiger partial charge is 0.350 e. The molecule has 0 atom stereocenters. The molecule has 0 radical (unpaired) electrons. The van der Waals surface area contributed by atoms with Crippen molar-refractivity contribution < 1.29 is 19.1 Å². The van der Waals surface area contributed by atoms with Gasteiger partial charge < -0.3 is 9.47 Å². The van der Waals surface area contributed by atoms with E-state index in [9.17, 15) is 9.59 Å². The number of hydrogen-bond acceptors (Lipinski definition) is 6. The third kappa shape index (κ3) is 3.02. The van der Waals surface area contributed by atoms with Crippen molar-refractivity contribution >= 4 is 28.6 Å². The third-order valence-corrected chi connectivity index (χ3v) is 4.85. The summed E-state index contributed by atoms with van der Waals surface area (Å²) in [6, 6.07) is 7.36. The molecule has 3 aromatic rings. The second-order valence-corrected chi connectivity index (χ2v) is 6.76. The highest BCUT2D eigenvalue weighted by molar-refractivity contribution is 7.19. The summed E-state index contributed by atoms with van der Waals surface area (Å²) in [4.78, 5) is 29.6. The van der Waals surface area contributed by atoms with Crippen molar-refractivity contribution in [3.05, 3.63) is 40.5 Å². The monoisotopic (exact) mass is 358 g/mol. The minimum Gasteiger partial charge on any atom is -0.497 e. The lowest BCUT2D eigenvalue weighted by Gasteiger charge is -2.07. The van der Waals surface area contributed by atoms with Gasteiger partial charge in [-0.1, -0.05) is 23.5 Å². The van der Waals surface area contributed by atoms with Gasteiger partial charge in [-0.3, -0.25) is 9.20 Å². The SMILES string of the molecule is COc1cccc(-c2nc3sc(C(=O)OC(C)C)c(C)n3c2C=O)c1. The molecule has 0 aliphatic heterocycles. The summed E-state index contributed by atoms with van der Waals surface area (Å²) in [6.45, 7) is 5.37. The molecule has 0 amide bonds. The number of aryl methyl sites for hydroxylation is 1. The fourth-order valence-electron chi connectivity index (χ4n) is 2.62. The highest BCUT2D eigenvalue weighted by Crippen LogP contribution is 2.32. The van der Waals surface area contributed by atoms with Gasteiger partial charge in [0.15, 0.2) is 11.2 Å². The molecule has 2 heterocycles. The van der Waals surface area contributed by atoms with Crippen LogP contribution in [0.3, 0.4) is 0 Å². The van der Waals surface area contributed by atoms with Gasteiger partial charge in [-0.2, -0.15) is 0 Å². The molecule has 25 heavy (non-hydrogen) atoms. The van der Waals surface area contributed by atoms with Crippen LogP contribution in [0.5, 0.6) is 5.75 Å². The number of carbonyl (C=O) groups is 2. The number of esters is 1. The van der Waals surface area contributed by atoms with Crippen LogP contribution in [-0.4, -0.2) is 34.9 Å². The van der Waals surface area contributed by atoms with E-state index in [1.54, 1.807) is 32.3 Å². The first kappa shape index (κ1) is 17.2. The van der Waals surface area contributed by atoms with Crippen LogP contribution in [0.4, 0.5) is 0 Å². The van der Waals surface area contributed by atoms with E-state index in [4.69, 9.17) is 9.47 Å². The molecule has 2 aromatic heterocycles. The van der Waals surface area contributed by atoms with E-state index in [-0.39, 0.29) is 6.10 Å². The van der Waals surface area contributed by atoms with Gasteiger partial charge in [0.05, 0.1) is 13.2 Å². The Morgan fingerprint density at radius 3 is 2.76 bits per heavy atom. The van der Waals surface area contributed by atoms with Gasteiger partial charge in [0, 0.05) is 11.3 Å². The number of aldehydes is 1. The predicted molar refractivity (Wildman–Crippen MR) is 95.7 cm³/mol. The van der Waals surface area contributed by atoms with E-state index in [0.717, 1.165) is 11.8 Å². The number of imidazole rings is 1. The van der Waals surface area contributed by atoms with Gasteiger partial charge in [-0.15, -0.1) is 0 Å². The maximum atomic E-state index is 12.2. The molecular formula is C18H18N2O4S. The first-order chi connectivity index (χ1) is 12.0. The summed E-state index contributed by atoms with van der Waals surface area (Å²) in [7, 11) is 1.59. The second-order valence-electron chi connectivity index (χ2n) is 5.78. The van der Waals surface area contributed by atoms with Crippen molar-refractivity contribution in [3.8, 4) is 17.0 Å². The normalized spacial score (nSPS) is 11.1. The lowest BCUT2D eigenvalue weighted by Crippen LogP contribution is -2.11. The van der Waals surface area contributed by atoms with Crippen molar-refractivity contribution in [3.63, 3.8) is 0 Å². The quantitative estimate of drug-likeness (QED) is 0.513. The number of nitrogens with zero attached hydrogens (tertiary/aromatic N) is 2. The number of rotatable bonds is 5. The highest BCUT2D eigenvalue weighted by atomic mass is 32.1. The summed E-state index contributed by atoms with van der Waals surface area (Å²) in [5.41, 5.74) is 2.39. The van der Waals surface area contributed by atoms with E-state index < -0.39 is 5.97 Å². The molecule has 0 saturated carbocycles. The molecular weight excluding hydrogens is 340 g/mol. The van der Waals surface area contributed by atoms with Gasteiger partial charge in [0.2, 0.25) is 0 Å².